The van der Waals surface area contributed by atoms with E-state index in [0.29, 0.717) is 22.4 Å². The van der Waals surface area contributed by atoms with E-state index in [2.05, 4.69) is 5.32 Å². The maximum absolute atomic E-state index is 12.2. The number of Topliss-reactive ketones (excluding diaryl/α,β-unsaturated/α-hetero) is 1. The Kier molecular flexibility index (Phi) is 3.20. The predicted molar refractivity (Wildman–Crippen MR) is 77.7 cm³/mol. The predicted octanol–water partition coefficient (Wildman–Crippen LogP) is 2.22. The molecule has 0 heterocycles. The first-order valence-electron chi connectivity index (χ1n) is 6.43. The third kappa shape index (κ3) is 2.39. The van der Waals surface area contributed by atoms with Gasteiger partial charge in [-0.1, -0.05) is 42.5 Å². The van der Waals surface area contributed by atoms with Crippen LogP contribution in [-0.2, 0) is 4.79 Å². The van der Waals surface area contributed by atoms with E-state index in [9.17, 15) is 14.4 Å². The fraction of sp³-hybridized carbons (Fsp3) is 0. The van der Waals surface area contributed by atoms with Crippen LogP contribution < -0.4 is 5.32 Å². The van der Waals surface area contributed by atoms with Crippen LogP contribution in [0.2, 0.25) is 0 Å². The van der Waals surface area contributed by atoms with Crippen molar-refractivity contribution in [3.8, 4) is 0 Å². The second-order valence-corrected chi connectivity index (χ2v) is 4.62. The molecule has 1 aliphatic rings. The van der Waals surface area contributed by atoms with Crippen LogP contribution in [0.4, 0.5) is 0 Å². The van der Waals surface area contributed by atoms with Crippen molar-refractivity contribution in [3.63, 3.8) is 0 Å². The molecule has 0 unspecified atom stereocenters. The molecule has 1 N–H and O–H groups in total. The minimum Gasteiger partial charge on any atom is -0.321 e. The summed E-state index contributed by atoms with van der Waals surface area (Å²) in [5.74, 6) is -1.50. The maximum Gasteiger partial charge on any atom is 0.255 e. The molecule has 3 rings (SSSR count). The van der Waals surface area contributed by atoms with Gasteiger partial charge in [0.1, 0.15) is 0 Å². The highest BCUT2D eigenvalue weighted by Gasteiger charge is 2.26. The highest BCUT2D eigenvalue weighted by atomic mass is 16.2. The fourth-order valence-corrected chi connectivity index (χ4v) is 2.21. The van der Waals surface area contributed by atoms with E-state index in [1.807, 2.05) is 6.07 Å². The van der Waals surface area contributed by atoms with Crippen molar-refractivity contribution < 1.29 is 14.4 Å². The topological polar surface area (TPSA) is 63.2 Å². The summed E-state index contributed by atoms with van der Waals surface area (Å²) >= 11 is 0. The highest BCUT2D eigenvalue weighted by Crippen LogP contribution is 2.23. The van der Waals surface area contributed by atoms with Crippen LogP contribution in [0.5, 0.6) is 0 Å². The zero-order valence-electron chi connectivity index (χ0n) is 11.0. The molecular formula is C17H11NO3. The number of allylic oxidation sites excluding steroid dienone is 1. The second-order valence-electron chi connectivity index (χ2n) is 4.62. The Balaban J connectivity index is 1.96. The van der Waals surface area contributed by atoms with Gasteiger partial charge < -0.3 is 5.32 Å². The molecule has 0 saturated carbocycles. The van der Waals surface area contributed by atoms with Gasteiger partial charge in [-0.2, -0.15) is 0 Å². The SMILES string of the molecule is O=C1C=C(NC(=O)c2ccccc2)c2ccccc2C1=O. The first-order valence-corrected chi connectivity index (χ1v) is 6.43. The summed E-state index contributed by atoms with van der Waals surface area (Å²) < 4.78 is 0. The molecule has 1 aliphatic carbocycles. The minimum absolute atomic E-state index is 0.313. The van der Waals surface area contributed by atoms with Crippen molar-refractivity contribution in [1.82, 2.24) is 5.32 Å². The molecule has 4 nitrogen and oxygen atoms in total. The van der Waals surface area contributed by atoms with E-state index >= 15 is 0 Å². The molecule has 0 radical (unpaired) electrons. The van der Waals surface area contributed by atoms with Crippen LogP contribution in [-0.4, -0.2) is 17.5 Å². The summed E-state index contributed by atoms with van der Waals surface area (Å²) in [4.78, 5) is 35.7. The van der Waals surface area contributed by atoms with E-state index in [0.717, 1.165) is 0 Å². The van der Waals surface area contributed by atoms with Crippen LogP contribution >= 0.6 is 0 Å². The van der Waals surface area contributed by atoms with E-state index < -0.39 is 11.6 Å². The van der Waals surface area contributed by atoms with Crippen LogP contribution in [0.25, 0.3) is 5.70 Å². The van der Waals surface area contributed by atoms with Crippen LogP contribution in [0, 0.1) is 0 Å². The Morgan fingerprint density at radius 3 is 2.14 bits per heavy atom. The number of ketones is 2. The van der Waals surface area contributed by atoms with Crippen molar-refractivity contribution in [2.75, 3.05) is 0 Å². The number of fused-ring (bicyclic) bond motifs is 1. The van der Waals surface area contributed by atoms with Crippen molar-refractivity contribution in [3.05, 3.63) is 77.4 Å². The summed E-state index contributed by atoms with van der Waals surface area (Å²) in [6.45, 7) is 0. The lowest BCUT2D eigenvalue weighted by Crippen LogP contribution is -2.28. The molecule has 102 valence electrons. The number of carbonyl (C=O) groups is 3. The first-order chi connectivity index (χ1) is 10.2. The lowest BCUT2D eigenvalue weighted by atomic mass is 9.92. The van der Waals surface area contributed by atoms with Gasteiger partial charge in [-0.3, -0.25) is 14.4 Å². The Hall–Kier alpha value is -3.01. The van der Waals surface area contributed by atoms with Gasteiger partial charge in [-0.05, 0) is 12.1 Å². The minimum atomic E-state index is -0.628. The molecule has 0 aliphatic heterocycles. The molecule has 0 aromatic heterocycles. The van der Waals surface area contributed by atoms with Gasteiger partial charge in [0, 0.05) is 22.8 Å². The molecule has 21 heavy (non-hydrogen) atoms. The standard InChI is InChI=1S/C17H11NO3/c19-15-10-14(12-8-4-5-9-13(12)16(15)20)18-17(21)11-6-2-1-3-7-11/h1-10H,(H,18,21). The van der Waals surface area contributed by atoms with Gasteiger partial charge in [0.15, 0.2) is 0 Å². The number of nitrogens with one attached hydrogen (secondary N) is 1. The van der Waals surface area contributed by atoms with Crippen LogP contribution in [0.1, 0.15) is 26.3 Å². The Morgan fingerprint density at radius 1 is 0.810 bits per heavy atom. The van der Waals surface area contributed by atoms with Crippen molar-refractivity contribution in [2.24, 2.45) is 0 Å². The maximum atomic E-state index is 12.2. The lowest BCUT2D eigenvalue weighted by molar-refractivity contribution is -0.111. The zero-order chi connectivity index (χ0) is 14.8. The summed E-state index contributed by atoms with van der Waals surface area (Å²) in [5.41, 5.74) is 1.71. The third-order valence-corrected chi connectivity index (χ3v) is 3.25. The molecule has 0 bridgehead atoms. The monoisotopic (exact) mass is 277 g/mol. The van der Waals surface area contributed by atoms with Gasteiger partial charge in [-0.15, -0.1) is 0 Å². The molecule has 1 amide bonds. The molecule has 0 atom stereocenters. The quantitative estimate of drug-likeness (QED) is 0.856. The van der Waals surface area contributed by atoms with Crippen LogP contribution in [0.3, 0.4) is 0 Å². The molecule has 0 fully saturated rings. The molecule has 0 saturated heterocycles. The van der Waals surface area contributed by atoms with Crippen molar-refractivity contribution >= 4 is 23.2 Å². The summed E-state index contributed by atoms with van der Waals surface area (Å²) in [6, 6.07) is 15.4. The van der Waals surface area contributed by atoms with E-state index in [1.54, 1.807) is 48.5 Å². The first kappa shape index (κ1) is 13.0. The highest BCUT2D eigenvalue weighted by molar-refractivity contribution is 6.50. The van der Waals surface area contributed by atoms with Crippen molar-refractivity contribution in [1.29, 1.82) is 0 Å². The van der Waals surface area contributed by atoms with E-state index in [1.165, 1.54) is 6.08 Å². The Bertz CT molecular complexity index is 776. The third-order valence-electron chi connectivity index (χ3n) is 3.25. The Labute approximate surface area is 121 Å². The molecule has 0 spiro atoms. The van der Waals surface area contributed by atoms with Gasteiger partial charge in [-0.25, -0.2) is 0 Å². The average molecular weight is 277 g/mol. The zero-order valence-corrected chi connectivity index (χ0v) is 11.0. The number of hydrogen-bond donors (Lipinski definition) is 1. The number of carbonyl (C=O) groups excluding carboxylic acids is 3. The number of amides is 1. The smallest absolute Gasteiger partial charge is 0.255 e. The van der Waals surface area contributed by atoms with Gasteiger partial charge in [0.2, 0.25) is 11.6 Å². The molecular weight excluding hydrogens is 266 g/mol. The summed E-state index contributed by atoms with van der Waals surface area (Å²) in [6.07, 6.45) is 1.17. The van der Waals surface area contributed by atoms with Crippen molar-refractivity contribution in [2.45, 2.75) is 0 Å². The van der Waals surface area contributed by atoms with E-state index in [-0.39, 0.29) is 5.91 Å². The van der Waals surface area contributed by atoms with Crippen LogP contribution in [0.15, 0.2) is 60.7 Å². The number of benzene rings is 2. The Morgan fingerprint density at radius 2 is 1.43 bits per heavy atom. The molecule has 2 aromatic carbocycles. The summed E-state index contributed by atoms with van der Waals surface area (Å²) in [5, 5.41) is 2.69. The lowest BCUT2D eigenvalue weighted by Gasteiger charge is -2.16. The normalized spacial score (nSPS) is 13.4. The average Bonchev–Trinajstić information content (AvgIpc) is 2.53. The number of rotatable bonds is 2. The second kappa shape index (κ2) is 5.17. The largest absolute Gasteiger partial charge is 0.321 e. The molecule has 4 heteroatoms. The van der Waals surface area contributed by atoms with E-state index in [4.69, 9.17) is 0 Å². The summed E-state index contributed by atoms with van der Waals surface area (Å²) in [7, 11) is 0. The van der Waals surface area contributed by atoms with Gasteiger partial charge >= 0.3 is 0 Å². The van der Waals surface area contributed by atoms with Gasteiger partial charge in [0.25, 0.3) is 5.91 Å². The fourth-order valence-electron chi connectivity index (χ4n) is 2.21. The van der Waals surface area contributed by atoms with Gasteiger partial charge in [0.05, 0.1) is 5.70 Å². The number of hydrogen-bond acceptors (Lipinski definition) is 3. The molecule has 2 aromatic rings.